The van der Waals surface area contributed by atoms with Crippen molar-refractivity contribution in [2.75, 3.05) is 41.3 Å². The number of carbonyl (C=O) groups is 1. The first-order chi connectivity index (χ1) is 14.9. The van der Waals surface area contributed by atoms with E-state index >= 15 is 0 Å². The third-order valence-corrected chi connectivity index (χ3v) is 6.04. The van der Waals surface area contributed by atoms with Crippen LogP contribution in [0, 0.1) is 5.92 Å². The third kappa shape index (κ3) is 4.94. The first kappa shape index (κ1) is 21.5. The van der Waals surface area contributed by atoms with Gasteiger partial charge in [0.25, 0.3) is 0 Å². The van der Waals surface area contributed by atoms with Crippen LogP contribution in [0.4, 0.5) is 30.4 Å². The molecule has 1 aromatic carbocycles. The standard InChI is InChI=1S/C23H27F3N4O/c24-23(25,26)18-9-6-12-27-21(18)30-15-7-8-17(16-30)22(31)28-19-10-2-3-11-20(19)29-13-4-1-5-14-29/h2-3,6,9-12,17H,1,4-5,7-8,13-16H2,(H,28,31). The molecular formula is C23H27F3N4O. The van der Waals surface area contributed by atoms with Crippen LogP contribution in [0.3, 0.4) is 0 Å². The predicted molar refractivity (Wildman–Crippen MR) is 115 cm³/mol. The van der Waals surface area contributed by atoms with Gasteiger partial charge in [0.1, 0.15) is 5.82 Å². The van der Waals surface area contributed by atoms with Crippen LogP contribution in [0.25, 0.3) is 0 Å². The molecule has 0 saturated carbocycles. The monoisotopic (exact) mass is 432 g/mol. The maximum absolute atomic E-state index is 13.4. The van der Waals surface area contributed by atoms with Crippen molar-refractivity contribution in [1.82, 2.24) is 4.98 Å². The molecule has 1 aromatic heterocycles. The topological polar surface area (TPSA) is 48.5 Å². The zero-order valence-electron chi connectivity index (χ0n) is 17.4. The zero-order valence-corrected chi connectivity index (χ0v) is 17.4. The summed E-state index contributed by atoms with van der Waals surface area (Å²) >= 11 is 0. The van der Waals surface area contributed by atoms with Crippen LogP contribution in [0.15, 0.2) is 42.6 Å². The number of anilines is 3. The lowest BCUT2D eigenvalue weighted by molar-refractivity contribution is -0.137. The average Bonchev–Trinajstić information content (AvgIpc) is 2.79. The Bertz CT molecular complexity index is 912. The largest absolute Gasteiger partial charge is 0.419 e. The molecule has 1 amide bonds. The van der Waals surface area contributed by atoms with Crippen molar-refractivity contribution in [3.8, 4) is 0 Å². The quantitative estimate of drug-likeness (QED) is 0.743. The SMILES string of the molecule is O=C(Nc1ccccc1N1CCCCC1)C1CCCN(c2ncccc2C(F)(F)F)C1. The van der Waals surface area contributed by atoms with Gasteiger partial charge in [-0.3, -0.25) is 4.79 Å². The second-order valence-corrected chi connectivity index (χ2v) is 8.21. The van der Waals surface area contributed by atoms with E-state index in [0.717, 1.165) is 43.4 Å². The van der Waals surface area contributed by atoms with Crippen LogP contribution in [-0.2, 0) is 11.0 Å². The summed E-state index contributed by atoms with van der Waals surface area (Å²) in [5.74, 6) is -0.647. The summed E-state index contributed by atoms with van der Waals surface area (Å²) in [6.07, 6.45) is 1.64. The van der Waals surface area contributed by atoms with Crippen LogP contribution in [-0.4, -0.2) is 37.1 Å². The number of nitrogens with zero attached hydrogens (tertiary/aromatic N) is 3. The molecule has 1 N–H and O–H groups in total. The number of halogens is 3. The summed E-state index contributed by atoms with van der Waals surface area (Å²) in [4.78, 5) is 20.9. The van der Waals surface area contributed by atoms with E-state index in [-0.39, 0.29) is 18.3 Å². The van der Waals surface area contributed by atoms with Gasteiger partial charge in [0, 0.05) is 32.4 Å². The molecule has 0 radical (unpaired) electrons. The number of nitrogens with one attached hydrogen (secondary N) is 1. The van der Waals surface area contributed by atoms with Gasteiger partial charge in [-0.05, 0) is 56.4 Å². The molecule has 1 unspecified atom stereocenters. The van der Waals surface area contributed by atoms with E-state index in [0.29, 0.717) is 19.4 Å². The zero-order chi connectivity index (χ0) is 21.8. The second-order valence-electron chi connectivity index (χ2n) is 8.21. The Morgan fingerprint density at radius 1 is 0.968 bits per heavy atom. The van der Waals surface area contributed by atoms with Crippen LogP contribution >= 0.6 is 0 Å². The first-order valence-electron chi connectivity index (χ1n) is 10.9. The predicted octanol–water partition coefficient (Wildman–Crippen LogP) is 4.95. The summed E-state index contributed by atoms with van der Waals surface area (Å²) < 4.78 is 40.3. The summed E-state index contributed by atoms with van der Waals surface area (Å²) in [6.45, 7) is 2.60. The number of aromatic nitrogens is 1. The molecule has 2 fully saturated rings. The highest BCUT2D eigenvalue weighted by Crippen LogP contribution is 2.37. The lowest BCUT2D eigenvalue weighted by atomic mass is 9.96. The number of alkyl halides is 3. The molecule has 4 rings (SSSR count). The number of carbonyl (C=O) groups excluding carboxylic acids is 1. The maximum atomic E-state index is 13.4. The summed E-state index contributed by atoms with van der Waals surface area (Å²) in [5, 5.41) is 3.04. The Morgan fingerprint density at radius 2 is 1.71 bits per heavy atom. The fourth-order valence-electron chi connectivity index (χ4n) is 4.48. The van der Waals surface area contributed by atoms with Gasteiger partial charge in [0.2, 0.25) is 5.91 Å². The molecule has 31 heavy (non-hydrogen) atoms. The molecule has 0 spiro atoms. The molecule has 2 aliphatic rings. The van der Waals surface area contributed by atoms with Crippen molar-refractivity contribution in [2.45, 2.75) is 38.3 Å². The maximum Gasteiger partial charge on any atom is 0.419 e. The molecule has 0 aliphatic carbocycles. The number of pyridine rings is 1. The number of rotatable bonds is 4. The van der Waals surface area contributed by atoms with Gasteiger partial charge in [-0.15, -0.1) is 0 Å². The van der Waals surface area contributed by atoms with Gasteiger partial charge in [0.05, 0.1) is 22.9 Å². The van der Waals surface area contributed by atoms with Crippen molar-refractivity contribution >= 4 is 23.1 Å². The number of benzene rings is 1. The molecule has 1 atom stereocenters. The Morgan fingerprint density at radius 3 is 2.48 bits per heavy atom. The molecule has 0 bridgehead atoms. The molecular weight excluding hydrogens is 405 g/mol. The normalized spacial score (nSPS) is 19.9. The van der Waals surface area contributed by atoms with E-state index in [2.05, 4.69) is 15.2 Å². The van der Waals surface area contributed by atoms with Crippen molar-refractivity contribution < 1.29 is 18.0 Å². The molecule has 5 nitrogen and oxygen atoms in total. The lowest BCUT2D eigenvalue weighted by Gasteiger charge is -2.34. The highest BCUT2D eigenvalue weighted by Gasteiger charge is 2.37. The number of para-hydroxylation sites is 2. The van der Waals surface area contributed by atoms with Crippen molar-refractivity contribution in [3.63, 3.8) is 0 Å². The number of piperidine rings is 2. The van der Waals surface area contributed by atoms with E-state index in [9.17, 15) is 18.0 Å². The molecule has 2 aromatic rings. The second kappa shape index (κ2) is 9.16. The summed E-state index contributed by atoms with van der Waals surface area (Å²) in [6, 6.07) is 10.1. The molecule has 3 heterocycles. The van der Waals surface area contributed by atoms with Gasteiger partial charge < -0.3 is 15.1 Å². The molecule has 2 saturated heterocycles. The minimum Gasteiger partial charge on any atom is -0.370 e. The van der Waals surface area contributed by atoms with E-state index in [1.807, 2.05) is 24.3 Å². The first-order valence-corrected chi connectivity index (χ1v) is 10.9. The van der Waals surface area contributed by atoms with Gasteiger partial charge in [0.15, 0.2) is 0 Å². The van der Waals surface area contributed by atoms with Gasteiger partial charge in [-0.1, -0.05) is 12.1 Å². The van der Waals surface area contributed by atoms with Crippen LogP contribution in [0.2, 0.25) is 0 Å². The number of hydrogen-bond acceptors (Lipinski definition) is 4. The Kier molecular flexibility index (Phi) is 6.34. The van der Waals surface area contributed by atoms with Crippen LogP contribution in [0.5, 0.6) is 0 Å². The van der Waals surface area contributed by atoms with Crippen LogP contribution < -0.4 is 15.1 Å². The van der Waals surface area contributed by atoms with Crippen LogP contribution in [0.1, 0.15) is 37.7 Å². The minimum atomic E-state index is -4.48. The highest BCUT2D eigenvalue weighted by molar-refractivity contribution is 5.96. The third-order valence-electron chi connectivity index (χ3n) is 6.04. The average molecular weight is 432 g/mol. The molecule has 166 valence electrons. The van der Waals surface area contributed by atoms with E-state index in [4.69, 9.17) is 0 Å². The van der Waals surface area contributed by atoms with E-state index < -0.39 is 17.7 Å². The lowest BCUT2D eigenvalue weighted by Crippen LogP contribution is -2.42. The number of hydrogen-bond donors (Lipinski definition) is 1. The Balaban J connectivity index is 1.49. The molecule has 8 heteroatoms. The van der Waals surface area contributed by atoms with E-state index in [1.54, 1.807) is 4.90 Å². The van der Waals surface area contributed by atoms with Crippen molar-refractivity contribution in [1.29, 1.82) is 0 Å². The summed E-state index contributed by atoms with van der Waals surface area (Å²) in [7, 11) is 0. The van der Waals surface area contributed by atoms with Gasteiger partial charge in [-0.2, -0.15) is 13.2 Å². The summed E-state index contributed by atoms with van der Waals surface area (Å²) in [5.41, 5.74) is 1.01. The van der Waals surface area contributed by atoms with Gasteiger partial charge >= 0.3 is 6.18 Å². The van der Waals surface area contributed by atoms with E-state index in [1.165, 1.54) is 18.7 Å². The Hall–Kier alpha value is -2.77. The highest BCUT2D eigenvalue weighted by atomic mass is 19.4. The Labute approximate surface area is 180 Å². The number of amides is 1. The minimum absolute atomic E-state index is 0.0961. The smallest absolute Gasteiger partial charge is 0.370 e. The fraction of sp³-hybridized carbons (Fsp3) is 0.478. The van der Waals surface area contributed by atoms with Gasteiger partial charge in [-0.25, -0.2) is 4.98 Å². The van der Waals surface area contributed by atoms with Crippen molar-refractivity contribution in [2.24, 2.45) is 5.92 Å². The van der Waals surface area contributed by atoms with Crippen molar-refractivity contribution in [3.05, 3.63) is 48.2 Å². The molecule has 2 aliphatic heterocycles. The fourth-order valence-corrected chi connectivity index (χ4v) is 4.48.